The zero-order valence-electron chi connectivity index (χ0n) is 30.1. The molecule has 0 N–H and O–H groups in total. The summed E-state index contributed by atoms with van der Waals surface area (Å²) in [4.78, 5) is 23.3. The second-order valence-corrected chi connectivity index (χ2v) is 13.7. The van der Waals surface area contributed by atoms with Crippen LogP contribution in [0, 0.1) is 6.57 Å². The molecule has 0 saturated heterocycles. The quantitative estimate of drug-likeness (QED) is 0.127. The van der Waals surface area contributed by atoms with Crippen LogP contribution in [0.2, 0.25) is 0 Å². The molecule has 10 aromatic rings. The van der Waals surface area contributed by atoms with Gasteiger partial charge in [-0.2, -0.15) is 0 Å². The molecule has 0 aliphatic carbocycles. The first-order chi connectivity index (χ1) is 27.7. The van der Waals surface area contributed by atoms with Crippen LogP contribution in [0.25, 0.3) is 105 Å². The van der Waals surface area contributed by atoms with Crippen LogP contribution in [0.1, 0.15) is 0 Å². The molecule has 0 aliphatic rings. The molecule has 5 heteroatoms. The molecule has 0 amide bonds. The van der Waals surface area contributed by atoms with Crippen molar-refractivity contribution in [3.8, 4) is 67.5 Å². The molecule has 10 rings (SSSR count). The van der Waals surface area contributed by atoms with Gasteiger partial charge in [0.15, 0.2) is 23.2 Å². The zero-order chi connectivity index (χ0) is 37.4. The number of rotatable bonds is 6. The monoisotopic (exact) mass is 713 g/mol. The molecule has 8 aromatic carbocycles. The van der Waals surface area contributed by atoms with Crippen molar-refractivity contribution in [2.75, 3.05) is 0 Å². The minimum atomic E-state index is 0.627. The fourth-order valence-electron chi connectivity index (χ4n) is 7.62. The first-order valence-corrected chi connectivity index (χ1v) is 18.5. The Kier molecular flexibility index (Phi) is 8.13. The van der Waals surface area contributed by atoms with Gasteiger partial charge in [0.1, 0.15) is 0 Å². The van der Waals surface area contributed by atoms with Crippen molar-refractivity contribution < 1.29 is 0 Å². The van der Waals surface area contributed by atoms with Crippen molar-refractivity contribution in [3.63, 3.8) is 0 Å². The number of pyridine rings is 1. The Hall–Kier alpha value is -7.81. The number of hydrogen-bond donors (Lipinski definition) is 0. The Morgan fingerprint density at radius 3 is 1.50 bits per heavy atom. The van der Waals surface area contributed by atoms with Gasteiger partial charge in [-0.1, -0.05) is 158 Å². The van der Waals surface area contributed by atoms with Gasteiger partial charge in [-0.15, -0.1) is 0 Å². The lowest BCUT2D eigenvalue weighted by Crippen LogP contribution is -2.00. The topological polar surface area (TPSA) is 55.9 Å². The van der Waals surface area contributed by atoms with Crippen molar-refractivity contribution in [1.29, 1.82) is 0 Å². The van der Waals surface area contributed by atoms with Crippen molar-refractivity contribution in [2.24, 2.45) is 0 Å². The maximum Gasteiger partial charge on any atom is 0.187 e. The van der Waals surface area contributed by atoms with Crippen LogP contribution in [-0.4, -0.2) is 19.9 Å². The van der Waals surface area contributed by atoms with E-state index in [-0.39, 0.29) is 0 Å². The summed E-state index contributed by atoms with van der Waals surface area (Å²) >= 11 is 0. The highest BCUT2D eigenvalue weighted by molar-refractivity contribution is 6.23. The summed E-state index contributed by atoms with van der Waals surface area (Å²) in [6.07, 6.45) is 1.87. The van der Waals surface area contributed by atoms with Crippen LogP contribution in [0.15, 0.2) is 188 Å². The summed E-state index contributed by atoms with van der Waals surface area (Å²) in [5, 5.41) is 5.77. The number of nitrogens with zero attached hydrogens (tertiary/aromatic N) is 5. The van der Waals surface area contributed by atoms with Crippen molar-refractivity contribution in [3.05, 3.63) is 200 Å². The Bertz CT molecular complexity index is 3060. The lowest BCUT2D eigenvalue weighted by Gasteiger charge is -2.16. The van der Waals surface area contributed by atoms with Gasteiger partial charge >= 0.3 is 0 Å². The fourth-order valence-corrected chi connectivity index (χ4v) is 7.62. The SMILES string of the molecule is [C-]#[N+]c1ccc(-c2cc3c4cccnc4c(-c4cccc(-c5ccc(-c6nc(-c7ccccc7)nc(-c7ccccc7)n6)cc5)c4)cc3c3ccccc23)cc1. The molecule has 260 valence electrons. The van der Waals surface area contributed by atoms with Crippen molar-refractivity contribution in [1.82, 2.24) is 19.9 Å². The average molecular weight is 714 g/mol. The van der Waals surface area contributed by atoms with E-state index in [1.807, 2.05) is 97.2 Å². The van der Waals surface area contributed by atoms with Gasteiger partial charge in [-0.25, -0.2) is 19.8 Å². The number of benzene rings is 8. The smallest absolute Gasteiger partial charge is 0.187 e. The number of hydrogen-bond acceptors (Lipinski definition) is 4. The molecule has 2 heterocycles. The van der Waals surface area contributed by atoms with E-state index in [0.29, 0.717) is 23.2 Å². The molecule has 0 fully saturated rings. The summed E-state index contributed by atoms with van der Waals surface area (Å²) in [5.74, 6) is 1.91. The van der Waals surface area contributed by atoms with Crippen LogP contribution >= 0.6 is 0 Å². The van der Waals surface area contributed by atoms with E-state index in [2.05, 4.69) is 95.8 Å². The third-order valence-electron chi connectivity index (χ3n) is 10.4. The summed E-state index contributed by atoms with van der Waals surface area (Å²) in [7, 11) is 0. The second-order valence-electron chi connectivity index (χ2n) is 13.7. The van der Waals surface area contributed by atoms with E-state index in [0.717, 1.165) is 66.4 Å². The summed E-state index contributed by atoms with van der Waals surface area (Å²) in [6, 6.07) is 62.5. The summed E-state index contributed by atoms with van der Waals surface area (Å²) < 4.78 is 0. The highest BCUT2D eigenvalue weighted by Gasteiger charge is 2.17. The molecule has 0 radical (unpaired) electrons. The highest BCUT2D eigenvalue weighted by Crippen LogP contribution is 2.42. The molecule has 0 spiro atoms. The normalized spacial score (nSPS) is 11.2. The molecule has 0 bridgehead atoms. The molecular formula is C51H31N5. The lowest BCUT2D eigenvalue weighted by molar-refractivity contribution is 1.07. The average Bonchev–Trinajstić information content (AvgIpc) is 3.29. The first-order valence-electron chi connectivity index (χ1n) is 18.5. The second kappa shape index (κ2) is 13.9. The summed E-state index contributed by atoms with van der Waals surface area (Å²) in [6.45, 7) is 7.42. The van der Waals surface area contributed by atoms with Gasteiger partial charge in [0.2, 0.25) is 0 Å². The maximum absolute atomic E-state index is 7.42. The van der Waals surface area contributed by atoms with E-state index in [9.17, 15) is 0 Å². The van der Waals surface area contributed by atoms with Gasteiger partial charge in [0.05, 0.1) is 12.1 Å². The van der Waals surface area contributed by atoms with E-state index in [4.69, 9.17) is 26.5 Å². The molecule has 5 nitrogen and oxygen atoms in total. The van der Waals surface area contributed by atoms with Crippen molar-refractivity contribution >= 4 is 38.1 Å². The Labute approximate surface area is 324 Å². The molecule has 0 unspecified atom stereocenters. The Morgan fingerprint density at radius 1 is 0.339 bits per heavy atom. The Morgan fingerprint density at radius 2 is 0.839 bits per heavy atom. The number of aromatic nitrogens is 4. The molecular weight excluding hydrogens is 683 g/mol. The molecule has 0 saturated carbocycles. The molecule has 2 aromatic heterocycles. The van der Waals surface area contributed by atoms with Gasteiger partial charge in [0, 0.05) is 33.8 Å². The summed E-state index contributed by atoms with van der Waals surface area (Å²) in [5.41, 5.74) is 11.0. The molecule has 0 aliphatic heterocycles. The predicted molar refractivity (Wildman–Crippen MR) is 229 cm³/mol. The fraction of sp³-hybridized carbons (Fsp3) is 0. The van der Waals surface area contributed by atoms with Crippen LogP contribution in [-0.2, 0) is 0 Å². The lowest BCUT2D eigenvalue weighted by atomic mass is 9.88. The number of fused-ring (bicyclic) bond motifs is 5. The van der Waals surface area contributed by atoms with Crippen LogP contribution < -0.4 is 0 Å². The standard InChI is InChI=1S/C51H31N5/c1-52-40-27-25-34(26-28-40)44-31-47-43-20-11-29-53-48(43)45(32-46(47)42-19-9-8-18-41(42)44)39-17-10-16-38(30-39)33-21-23-37(24-22-33)51-55-49(35-12-4-2-5-13-35)54-50(56-51)36-14-6-3-7-15-36/h2-32H. The van der Waals surface area contributed by atoms with Crippen LogP contribution in [0.5, 0.6) is 0 Å². The maximum atomic E-state index is 7.42. The minimum absolute atomic E-state index is 0.627. The van der Waals surface area contributed by atoms with Gasteiger partial charge in [-0.3, -0.25) is 4.98 Å². The van der Waals surface area contributed by atoms with Crippen LogP contribution in [0.3, 0.4) is 0 Å². The van der Waals surface area contributed by atoms with E-state index >= 15 is 0 Å². The van der Waals surface area contributed by atoms with Crippen LogP contribution in [0.4, 0.5) is 5.69 Å². The largest absolute Gasteiger partial charge is 0.256 e. The molecule has 56 heavy (non-hydrogen) atoms. The van der Waals surface area contributed by atoms with E-state index in [1.165, 1.54) is 16.2 Å². The van der Waals surface area contributed by atoms with Gasteiger partial charge < -0.3 is 0 Å². The van der Waals surface area contributed by atoms with Gasteiger partial charge in [0.25, 0.3) is 0 Å². The molecule has 0 atom stereocenters. The van der Waals surface area contributed by atoms with Crippen molar-refractivity contribution in [2.45, 2.75) is 0 Å². The van der Waals surface area contributed by atoms with E-state index in [1.54, 1.807) is 0 Å². The predicted octanol–water partition coefficient (Wildman–Crippen LogP) is 13.3. The third-order valence-corrected chi connectivity index (χ3v) is 10.4. The zero-order valence-corrected chi connectivity index (χ0v) is 30.1. The van der Waals surface area contributed by atoms with Gasteiger partial charge in [-0.05, 0) is 73.6 Å². The third kappa shape index (κ3) is 5.92. The van der Waals surface area contributed by atoms with E-state index < -0.39 is 0 Å². The minimum Gasteiger partial charge on any atom is -0.256 e. The highest BCUT2D eigenvalue weighted by atomic mass is 15.0. The first kappa shape index (κ1) is 32.8. The Balaban J connectivity index is 1.06.